The summed E-state index contributed by atoms with van der Waals surface area (Å²) in [5.74, 6) is 0.0288. The van der Waals surface area contributed by atoms with Crippen LogP contribution in [0.15, 0.2) is 0 Å². The Balaban J connectivity index is 2.07. The van der Waals surface area contributed by atoms with Crippen molar-refractivity contribution in [3.05, 3.63) is 5.15 Å². The van der Waals surface area contributed by atoms with Gasteiger partial charge in [0.2, 0.25) is 5.95 Å². The van der Waals surface area contributed by atoms with Crippen molar-refractivity contribution >= 4 is 29.1 Å². The van der Waals surface area contributed by atoms with Crippen molar-refractivity contribution in [2.75, 3.05) is 23.4 Å². The molecule has 2 rings (SSSR count). The second-order valence-electron chi connectivity index (χ2n) is 6.79. The van der Waals surface area contributed by atoms with Gasteiger partial charge in [-0.1, -0.05) is 11.6 Å². The van der Waals surface area contributed by atoms with Crippen molar-refractivity contribution in [1.82, 2.24) is 9.97 Å². The molecule has 0 aromatic carbocycles. The number of hydrogen-bond donors (Lipinski definition) is 5. The molecule has 1 aromatic heterocycles. The minimum absolute atomic E-state index is 0.0210. The van der Waals surface area contributed by atoms with Gasteiger partial charge < -0.3 is 31.7 Å². The lowest BCUT2D eigenvalue weighted by molar-refractivity contribution is -0.0559. The number of aliphatic hydroxyl groups excluding tert-OH is 2. The van der Waals surface area contributed by atoms with E-state index in [9.17, 15) is 10.2 Å². The van der Waals surface area contributed by atoms with Gasteiger partial charge in [-0.3, -0.25) is 0 Å². The molecule has 0 spiro atoms. The fourth-order valence-corrected chi connectivity index (χ4v) is 2.71. The highest BCUT2D eigenvalue weighted by Crippen LogP contribution is 2.32. The van der Waals surface area contributed by atoms with Crippen LogP contribution in [0.3, 0.4) is 0 Å². The summed E-state index contributed by atoms with van der Waals surface area (Å²) in [4.78, 5) is 7.74. The van der Waals surface area contributed by atoms with E-state index in [0.29, 0.717) is 13.0 Å². The van der Waals surface area contributed by atoms with Gasteiger partial charge in [0.25, 0.3) is 0 Å². The van der Waals surface area contributed by atoms with Crippen LogP contribution in [0.5, 0.6) is 0 Å². The van der Waals surface area contributed by atoms with Gasteiger partial charge >= 0.3 is 0 Å². The van der Waals surface area contributed by atoms with Gasteiger partial charge in [-0.15, -0.1) is 0 Å². The topological polar surface area (TPSA) is 140 Å². The lowest BCUT2D eigenvalue weighted by Gasteiger charge is -2.23. The van der Waals surface area contributed by atoms with Gasteiger partial charge in [-0.05, 0) is 27.2 Å². The van der Waals surface area contributed by atoms with E-state index in [2.05, 4.69) is 15.3 Å². The van der Waals surface area contributed by atoms with Gasteiger partial charge in [0.05, 0.1) is 24.4 Å². The molecule has 0 saturated heterocycles. The van der Waals surface area contributed by atoms with Crippen LogP contribution in [0, 0.1) is 5.92 Å². The number of hydrogen-bond acceptors (Lipinski definition) is 8. The quantitative estimate of drug-likeness (QED) is 0.501. The van der Waals surface area contributed by atoms with Gasteiger partial charge in [0.1, 0.15) is 11.8 Å². The summed E-state index contributed by atoms with van der Waals surface area (Å²) in [6.07, 6.45) is -1.37. The molecule has 0 bridgehead atoms. The highest BCUT2D eigenvalue weighted by atomic mass is 35.5. The molecule has 8 nitrogen and oxygen atoms in total. The number of nitrogens with two attached hydrogens (primary N) is 2. The Morgan fingerprint density at radius 1 is 1.26 bits per heavy atom. The molecule has 130 valence electrons. The SMILES string of the molecule is CC(C)(C)OC[C@@H]1C[C@H](Nc2nc(N)nc(Cl)c2N)[C@@H](O)[C@H]1O. The molecule has 1 aromatic rings. The Hall–Kier alpha value is -1.35. The highest BCUT2D eigenvalue weighted by molar-refractivity contribution is 6.32. The van der Waals surface area contributed by atoms with Crippen LogP contribution in [-0.4, -0.2) is 50.6 Å². The second-order valence-corrected chi connectivity index (χ2v) is 7.14. The summed E-state index contributed by atoms with van der Waals surface area (Å²) >= 11 is 5.87. The minimum Gasteiger partial charge on any atom is -0.393 e. The number of nitrogens with one attached hydrogen (secondary N) is 1. The Morgan fingerprint density at radius 2 is 1.91 bits per heavy atom. The van der Waals surface area contributed by atoms with Crippen molar-refractivity contribution in [1.29, 1.82) is 0 Å². The molecule has 23 heavy (non-hydrogen) atoms. The van der Waals surface area contributed by atoms with Gasteiger partial charge in [-0.2, -0.15) is 9.97 Å². The largest absolute Gasteiger partial charge is 0.393 e. The molecular weight excluding hydrogens is 322 g/mol. The third-order valence-electron chi connectivity index (χ3n) is 3.77. The number of aliphatic hydroxyl groups is 2. The van der Waals surface area contributed by atoms with Crippen molar-refractivity contribution in [2.45, 2.75) is 51.0 Å². The molecule has 0 radical (unpaired) electrons. The van der Waals surface area contributed by atoms with Gasteiger partial charge in [0, 0.05) is 5.92 Å². The molecular formula is C14H24ClN5O3. The predicted molar refractivity (Wildman–Crippen MR) is 89.1 cm³/mol. The summed E-state index contributed by atoms with van der Waals surface area (Å²) in [6.45, 7) is 6.16. The average molecular weight is 346 g/mol. The van der Waals surface area contributed by atoms with Crippen LogP contribution in [0.4, 0.5) is 17.5 Å². The van der Waals surface area contributed by atoms with E-state index < -0.39 is 18.2 Å². The van der Waals surface area contributed by atoms with Crippen molar-refractivity contribution in [3.63, 3.8) is 0 Å². The molecule has 0 unspecified atom stereocenters. The van der Waals surface area contributed by atoms with Crippen LogP contribution >= 0.6 is 11.6 Å². The lowest BCUT2D eigenvalue weighted by atomic mass is 10.1. The molecule has 0 aliphatic heterocycles. The molecule has 1 saturated carbocycles. The number of halogens is 1. The normalized spacial score (nSPS) is 28.1. The predicted octanol–water partition coefficient (Wildman–Crippen LogP) is 0.632. The first-order chi connectivity index (χ1) is 10.6. The molecule has 1 aliphatic rings. The first-order valence-corrected chi connectivity index (χ1v) is 7.81. The van der Waals surface area contributed by atoms with Crippen LogP contribution in [0.1, 0.15) is 27.2 Å². The first-order valence-electron chi connectivity index (χ1n) is 7.43. The minimum atomic E-state index is -0.974. The van der Waals surface area contributed by atoms with E-state index >= 15 is 0 Å². The number of anilines is 3. The zero-order valence-corrected chi connectivity index (χ0v) is 14.2. The summed E-state index contributed by atoms with van der Waals surface area (Å²) in [5.41, 5.74) is 11.2. The highest BCUT2D eigenvalue weighted by Gasteiger charge is 2.42. The van der Waals surface area contributed by atoms with Gasteiger partial charge in [0.15, 0.2) is 11.0 Å². The fraction of sp³-hybridized carbons (Fsp3) is 0.714. The molecule has 4 atom stereocenters. The number of nitrogens with zero attached hydrogens (tertiary/aromatic N) is 2. The molecule has 0 amide bonds. The fourth-order valence-electron chi connectivity index (χ4n) is 2.53. The van der Waals surface area contributed by atoms with Crippen molar-refractivity contribution < 1.29 is 14.9 Å². The molecule has 1 heterocycles. The summed E-state index contributed by atoms with van der Waals surface area (Å²) in [7, 11) is 0. The summed E-state index contributed by atoms with van der Waals surface area (Å²) in [5, 5.41) is 23.5. The zero-order valence-electron chi connectivity index (χ0n) is 13.5. The van der Waals surface area contributed by atoms with E-state index in [0.717, 1.165) is 0 Å². The van der Waals surface area contributed by atoms with Crippen LogP contribution in [-0.2, 0) is 4.74 Å². The maximum Gasteiger partial charge on any atom is 0.223 e. The Morgan fingerprint density at radius 3 is 2.52 bits per heavy atom. The third kappa shape index (κ3) is 4.35. The summed E-state index contributed by atoms with van der Waals surface area (Å²) < 4.78 is 5.70. The average Bonchev–Trinajstić information content (AvgIpc) is 2.69. The number of ether oxygens (including phenoxy) is 1. The van der Waals surface area contributed by atoms with Crippen LogP contribution in [0.2, 0.25) is 5.15 Å². The van der Waals surface area contributed by atoms with Crippen molar-refractivity contribution in [2.24, 2.45) is 5.92 Å². The molecule has 7 N–H and O–H groups in total. The maximum atomic E-state index is 10.2. The summed E-state index contributed by atoms with van der Waals surface area (Å²) in [6, 6.07) is -0.439. The second kappa shape index (κ2) is 6.64. The number of nitrogen functional groups attached to an aromatic ring is 2. The van der Waals surface area contributed by atoms with E-state index in [1.165, 1.54) is 0 Å². The smallest absolute Gasteiger partial charge is 0.223 e. The Bertz CT molecular complexity index is 566. The van der Waals surface area contributed by atoms with E-state index in [1.807, 2.05) is 20.8 Å². The van der Waals surface area contributed by atoms with E-state index in [-0.39, 0.29) is 34.1 Å². The number of rotatable bonds is 4. The zero-order chi connectivity index (χ0) is 17.4. The first kappa shape index (κ1) is 18.0. The van der Waals surface area contributed by atoms with Gasteiger partial charge in [-0.25, -0.2) is 0 Å². The Kier molecular flexibility index (Phi) is 5.20. The maximum absolute atomic E-state index is 10.2. The number of aromatic nitrogens is 2. The van der Waals surface area contributed by atoms with Crippen LogP contribution < -0.4 is 16.8 Å². The van der Waals surface area contributed by atoms with E-state index in [1.54, 1.807) is 0 Å². The molecule has 9 heteroatoms. The van der Waals surface area contributed by atoms with Crippen molar-refractivity contribution in [3.8, 4) is 0 Å². The monoisotopic (exact) mass is 345 g/mol. The molecule has 1 aliphatic carbocycles. The van der Waals surface area contributed by atoms with Crippen LogP contribution in [0.25, 0.3) is 0 Å². The third-order valence-corrected chi connectivity index (χ3v) is 4.06. The van der Waals surface area contributed by atoms with E-state index in [4.69, 9.17) is 27.8 Å². The Labute approximate surface area is 140 Å². The standard InChI is InChI=1S/C14H24ClN5O3/c1-14(2,3)23-5-6-4-7(10(22)9(6)21)18-12-8(16)11(15)19-13(17)20-12/h6-7,9-10,21-22H,4-5,16H2,1-3H3,(H3,17,18,19,20)/t6-,7-,9-,10+/m0/s1. The molecule has 1 fully saturated rings. The lowest BCUT2D eigenvalue weighted by Crippen LogP contribution is -2.36.